The molecule has 244 valence electrons. The van der Waals surface area contributed by atoms with E-state index in [4.69, 9.17) is 18.9 Å². The zero-order valence-electron chi connectivity index (χ0n) is 29.3. The lowest BCUT2D eigenvalue weighted by Crippen LogP contribution is -2.25. The Morgan fingerprint density at radius 3 is 1.70 bits per heavy atom. The van der Waals surface area contributed by atoms with Gasteiger partial charge in [-0.15, -0.1) is 0 Å². The Balaban J connectivity index is 3.50. The molecule has 0 radical (unpaired) electrons. The van der Waals surface area contributed by atoms with Crippen molar-refractivity contribution in [3.8, 4) is 11.5 Å². The maximum absolute atomic E-state index is 12.5. The summed E-state index contributed by atoms with van der Waals surface area (Å²) < 4.78 is 23.3. The van der Waals surface area contributed by atoms with Gasteiger partial charge in [-0.25, -0.2) is 0 Å². The monoisotopic (exact) mass is 600 g/mol. The molecule has 0 fully saturated rings. The summed E-state index contributed by atoms with van der Waals surface area (Å²) in [6.07, 6.45) is 12.6. The molecule has 0 aliphatic rings. The van der Waals surface area contributed by atoms with Crippen molar-refractivity contribution in [3.63, 3.8) is 0 Å². The molecule has 6 nitrogen and oxygen atoms in total. The van der Waals surface area contributed by atoms with E-state index in [0.717, 1.165) is 36.8 Å². The standard InChI is InChI=1S/C37H60O6/c1-13-14-15-16-22-37(11,12)29-23-31(40-25-42-33(38)35(5,6)7)30(21-20-28(4)19-17-18-27(2)3)32(24-29)41-26-43-34(39)36(8,9)10/h18,20,23-24H,13-17,19,21-22,25-26H2,1-12H3. The molecule has 0 amide bonds. The van der Waals surface area contributed by atoms with Crippen molar-refractivity contribution >= 4 is 11.9 Å². The number of rotatable bonds is 17. The highest BCUT2D eigenvalue weighted by Crippen LogP contribution is 2.39. The van der Waals surface area contributed by atoms with Crippen LogP contribution in [0.25, 0.3) is 0 Å². The van der Waals surface area contributed by atoms with E-state index in [9.17, 15) is 9.59 Å². The lowest BCUT2D eigenvalue weighted by molar-refractivity contribution is -0.160. The highest BCUT2D eigenvalue weighted by atomic mass is 16.7. The lowest BCUT2D eigenvalue weighted by atomic mass is 9.79. The van der Waals surface area contributed by atoms with Crippen LogP contribution >= 0.6 is 0 Å². The second-order valence-electron chi connectivity index (χ2n) is 14.6. The molecule has 0 unspecified atom stereocenters. The van der Waals surface area contributed by atoms with Crippen LogP contribution in [0.3, 0.4) is 0 Å². The van der Waals surface area contributed by atoms with Crippen molar-refractivity contribution < 1.29 is 28.5 Å². The third-order valence-corrected chi connectivity index (χ3v) is 7.38. The fourth-order valence-corrected chi connectivity index (χ4v) is 4.30. The van der Waals surface area contributed by atoms with Gasteiger partial charge in [0.25, 0.3) is 0 Å². The van der Waals surface area contributed by atoms with Crippen LogP contribution in [0.15, 0.2) is 35.4 Å². The number of allylic oxidation sites excluding steroid dienone is 4. The van der Waals surface area contributed by atoms with E-state index < -0.39 is 10.8 Å². The van der Waals surface area contributed by atoms with Gasteiger partial charge in [0.1, 0.15) is 11.5 Å². The van der Waals surface area contributed by atoms with Gasteiger partial charge in [0, 0.05) is 5.56 Å². The molecule has 1 rings (SSSR count). The highest BCUT2D eigenvalue weighted by molar-refractivity contribution is 5.75. The molecule has 0 spiro atoms. The van der Waals surface area contributed by atoms with Gasteiger partial charge in [-0.2, -0.15) is 0 Å². The molecule has 0 bridgehead atoms. The van der Waals surface area contributed by atoms with Gasteiger partial charge in [0.15, 0.2) is 0 Å². The Morgan fingerprint density at radius 2 is 1.26 bits per heavy atom. The first kappa shape index (κ1) is 38.3. The second kappa shape index (κ2) is 17.5. The Morgan fingerprint density at radius 1 is 0.744 bits per heavy atom. The van der Waals surface area contributed by atoms with E-state index in [1.165, 1.54) is 30.4 Å². The van der Waals surface area contributed by atoms with E-state index in [0.29, 0.717) is 17.9 Å². The third kappa shape index (κ3) is 14.5. The van der Waals surface area contributed by atoms with Crippen molar-refractivity contribution in [1.82, 2.24) is 0 Å². The largest absolute Gasteiger partial charge is 0.457 e. The van der Waals surface area contributed by atoms with Gasteiger partial charge in [-0.1, -0.05) is 69.8 Å². The minimum Gasteiger partial charge on any atom is -0.457 e. The molecular formula is C37H60O6. The van der Waals surface area contributed by atoms with Crippen molar-refractivity contribution in [1.29, 1.82) is 0 Å². The molecule has 0 saturated carbocycles. The minimum atomic E-state index is -0.634. The molecule has 43 heavy (non-hydrogen) atoms. The van der Waals surface area contributed by atoms with E-state index in [-0.39, 0.29) is 30.9 Å². The molecule has 0 atom stereocenters. The smallest absolute Gasteiger partial charge is 0.314 e. The molecule has 0 heterocycles. The quantitative estimate of drug-likeness (QED) is 0.0767. The maximum atomic E-state index is 12.5. The Labute approximate surface area is 262 Å². The molecular weight excluding hydrogens is 540 g/mol. The highest BCUT2D eigenvalue weighted by Gasteiger charge is 2.27. The van der Waals surface area contributed by atoms with Crippen LogP contribution in [0.4, 0.5) is 0 Å². The number of ether oxygens (including phenoxy) is 4. The van der Waals surface area contributed by atoms with Crippen molar-refractivity contribution in [2.45, 2.75) is 140 Å². The van der Waals surface area contributed by atoms with Crippen LogP contribution in [0.1, 0.15) is 139 Å². The van der Waals surface area contributed by atoms with Crippen molar-refractivity contribution in [2.75, 3.05) is 13.6 Å². The Hall–Kier alpha value is -2.76. The maximum Gasteiger partial charge on any atom is 0.314 e. The van der Waals surface area contributed by atoms with Gasteiger partial charge in [0.2, 0.25) is 13.6 Å². The fraction of sp³-hybridized carbons (Fsp3) is 0.676. The van der Waals surface area contributed by atoms with Crippen LogP contribution in [-0.2, 0) is 30.9 Å². The zero-order valence-corrected chi connectivity index (χ0v) is 29.3. The summed E-state index contributed by atoms with van der Waals surface area (Å²) >= 11 is 0. The normalized spacial score (nSPS) is 12.5. The second-order valence-corrected chi connectivity index (χ2v) is 14.6. The summed E-state index contributed by atoms with van der Waals surface area (Å²) in [7, 11) is 0. The first-order valence-electron chi connectivity index (χ1n) is 15.9. The molecule has 0 aromatic heterocycles. The summed E-state index contributed by atoms with van der Waals surface area (Å²) in [6.45, 7) is 23.5. The summed E-state index contributed by atoms with van der Waals surface area (Å²) in [5, 5.41) is 0. The minimum absolute atomic E-state index is 0.150. The molecule has 6 heteroatoms. The molecule has 1 aromatic rings. The first-order chi connectivity index (χ1) is 19.9. The fourth-order valence-electron chi connectivity index (χ4n) is 4.30. The number of unbranched alkanes of at least 4 members (excludes halogenated alkanes) is 3. The van der Waals surface area contributed by atoms with E-state index in [2.05, 4.69) is 65.8 Å². The molecule has 0 aliphatic heterocycles. The summed E-state index contributed by atoms with van der Waals surface area (Å²) in [5.41, 5.74) is 3.03. The van der Waals surface area contributed by atoms with Crippen molar-refractivity contribution in [2.24, 2.45) is 10.8 Å². The number of benzene rings is 1. The molecule has 0 saturated heterocycles. The number of carbonyl (C=O) groups excluding carboxylic acids is 2. The topological polar surface area (TPSA) is 71.1 Å². The van der Waals surface area contributed by atoms with Gasteiger partial charge in [0.05, 0.1) is 10.8 Å². The Bertz CT molecular complexity index is 1040. The molecule has 0 aliphatic carbocycles. The predicted molar refractivity (Wildman–Crippen MR) is 176 cm³/mol. The average Bonchev–Trinajstić information content (AvgIpc) is 2.88. The number of hydrogen-bond acceptors (Lipinski definition) is 6. The van der Waals surface area contributed by atoms with Gasteiger partial charge in [-0.05, 0) is 111 Å². The summed E-state index contributed by atoms with van der Waals surface area (Å²) in [5.74, 6) is 0.543. The summed E-state index contributed by atoms with van der Waals surface area (Å²) in [4.78, 5) is 24.9. The van der Waals surface area contributed by atoms with Crippen LogP contribution in [0, 0.1) is 10.8 Å². The third-order valence-electron chi connectivity index (χ3n) is 7.38. The number of carbonyl (C=O) groups is 2. The SMILES string of the molecule is CCCCCCC(C)(C)c1cc(OCOC(=O)C(C)(C)C)c(CC=C(C)CCC=C(C)C)c(OCOC(=O)C(C)(C)C)c1. The first-order valence-corrected chi connectivity index (χ1v) is 15.9. The molecule has 0 N–H and O–H groups in total. The Kier molecular flexibility index (Phi) is 15.6. The van der Waals surface area contributed by atoms with E-state index in [1.54, 1.807) is 0 Å². The van der Waals surface area contributed by atoms with E-state index in [1.807, 2.05) is 41.5 Å². The van der Waals surface area contributed by atoms with Crippen LogP contribution < -0.4 is 9.47 Å². The van der Waals surface area contributed by atoms with Gasteiger partial charge >= 0.3 is 11.9 Å². The average molecular weight is 601 g/mol. The van der Waals surface area contributed by atoms with Crippen LogP contribution in [0.2, 0.25) is 0 Å². The zero-order chi connectivity index (χ0) is 32.8. The lowest BCUT2D eigenvalue weighted by Gasteiger charge is -2.28. The number of hydrogen-bond donors (Lipinski definition) is 0. The summed E-state index contributed by atoms with van der Waals surface area (Å²) in [6, 6.07) is 4.11. The molecule has 1 aromatic carbocycles. The predicted octanol–water partition coefficient (Wildman–Crippen LogP) is 10.0. The van der Waals surface area contributed by atoms with Gasteiger partial charge < -0.3 is 18.9 Å². The van der Waals surface area contributed by atoms with Crippen LogP contribution in [-0.4, -0.2) is 25.5 Å². The van der Waals surface area contributed by atoms with E-state index >= 15 is 0 Å². The van der Waals surface area contributed by atoms with Crippen LogP contribution in [0.5, 0.6) is 11.5 Å². The van der Waals surface area contributed by atoms with Crippen molar-refractivity contribution in [3.05, 3.63) is 46.6 Å². The number of esters is 2. The van der Waals surface area contributed by atoms with Gasteiger partial charge in [-0.3, -0.25) is 9.59 Å².